The van der Waals surface area contributed by atoms with E-state index in [0.29, 0.717) is 13.2 Å². The van der Waals surface area contributed by atoms with Gasteiger partial charge in [0.1, 0.15) is 6.10 Å². The Bertz CT molecular complexity index is 295. The van der Waals surface area contributed by atoms with Crippen molar-refractivity contribution in [1.29, 1.82) is 0 Å². The zero-order valence-electron chi connectivity index (χ0n) is 11.0. The molecular formula is C13H23NO3. The van der Waals surface area contributed by atoms with Gasteiger partial charge in [0.25, 0.3) is 0 Å². The predicted octanol–water partition coefficient (Wildman–Crippen LogP) is 1.83. The van der Waals surface area contributed by atoms with Gasteiger partial charge in [0, 0.05) is 12.0 Å². The maximum absolute atomic E-state index is 12.1. The first-order valence-corrected chi connectivity index (χ1v) is 6.51. The molecule has 1 saturated carbocycles. The predicted molar refractivity (Wildman–Crippen MR) is 64.5 cm³/mol. The van der Waals surface area contributed by atoms with Gasteiger partial charge in [0.05, 0.1) is 6.61 Å². The average Bonchev–Trinajstić information content (AvgIpc) is 2.82. The number of rotatable bonds is 3. The van der Waals surface area contributed by atoms with E-state index >= 15 is 0 Å². The maximum atomic E-state index is 12.1. The summed E-state index contributed by atoms with van der Waals surface area (Å²) in [6.07, 6.45) is 4.33. The van der Waals surface area contributed by atoms with Crippen LogP contribution >= 0.6 is 0 Å². The van der Waals surface area contributed by atoms with Gasteiger partial charge in [-0.2, -0.15) is 0 Å². The fourth-order valence-electron chi connectivity index (χ4n) is 2.67. The van der Waals surface area contributed by atoms with Crippen LogP contribution in [0.2, 0.25) is 0 Å². The van der Waals surface area contributed by atoms with E-state index in [1.165, 1.54) is 12.8 Å². The molecule has 98 valence electrons. The number of carbonyl (C=O) groups is 1. The van der Waals surface area contributed by atoms with Gasteiger partial charge in [-0.3, -0.25) is 4.79 Å². The molecule has 4 nitrogen and oxygen atoms in total. The first-order chi connectivity index (χ1) is 7.91. The number of ether oxygens (including phenoxy) is 2. The van der Waals surface area contributed by atoms with Crippen molar-refractivity contribution in [3.8, 4) is 0 Å². The van der Waals surface area contributed by atoms with E-state index in [4.69, 9.17) is 9.47 Å². The van der Waals surface area contributed by atoms with Crippen LogP contribution in [0.15, 0.2) is 0 Å². The van der Waals surface area contributed by atoms with Gasteiger partial charge < -0.3 is 14.8 Å². The fourth-order valence-corrected chi connectivity index (χ4v) is 2.67. The minimum absolute atomic E-state index is 0.0149. The standard InChI is InChI=1S/C13H23NO3/c1-12(2)16-9-10(17-12)8-14-11(15)13(3)6-4-5-7-13/h10H,4-9H2,1-3H3,(H,14,15). The van der Waals surface area contributed by atoms with Crippen LogP contribution in [0.5, 0.6) is 0 Å². The molecule has 0 aromatic carbocycles. The number of hydrogen-bond acceptors (Lipinski definition) is 3. The summed E-state index contributed by atoms with van der Waals surface area (Å²) in [6, 6.07) is 0. The Morgan fingerprint density at radius 3 is 2.47 bits per heavy atom. The summed E-state index contributed by atoms with van der Waals surface area (Å²) < 4.78 is 11.1. The lowest BCUT2D eigenvalue weighted by molar-refractivity contribution is -0.141. The zero-order valence-corrected chi connectivity index (χ0v) is 11.0. The van der Waals surface area contributed by atoms with Crippen LogP contribution in [0.4, 0.5) is 0 Å². The second-order valence-corrected chi connectivity index (χ2v) is 5.93. The Balaban J connectivity index is 1.77. The Labute approximate surface area is 103 Å². The molecule has 1 aliphatic heterocycles. The van der Waals surface area contributed by atoms with E-state index in [9.17, 15) is 4.79 Å². The van der Waals surface area contributed by atoms with Crippen molar-refractivity contribution in [2.45, 2.75) is 58.3 Å². The Morgan fingerprint density at radius 2 is 1.94 bits per heavy atom. The summed E-state index contributed by atoms with van der Waals surface area (Å²) >= 11 is 0. The second-order valence-electron chi connectivity index (χ2n) is 5.93. The van der Waals surface area contributed by atoms with Crippen LogP contribution in [0.3, 0.4) is 0 Å². The normalized spacial score (nSPS) is 30.4. The molecule has 2 rings (SSSR count). The molecule has 1 atom stereocenters. The molecule has 1 heterocycles. The van der Waals surface area contributed by atoms with Crippen molar-refractivity contribution in [2.24, 2.45) is 5.41 Å². The molecule has 0 bridgehead atoms. The highest BCUT2D eigenvalue weighted by Crippen LogP contribution is 2.37. The summed E-state index contributed by atoms with van der Waals surface area (Å²) in [7, 11) is 0. The highest BCUT2D eigenvalue weighted by molar-refractivity contribution is 5.82. The van der Waals surface area contributed by atoms with Gasteiger partial charge >= 0.3 is 0 Å². The van der Waals surface area contributed by atoms with Crippen molar-refractivity contribution in [2.75, 3.05) is 13.2 Å². The van der Waals surface area contributed by atoms with Gasteiger partial charge in [0.2, 0.25) is 5.91 Å². The molecule has 0 spiro atoms. The average molecular weight is 241 g/mol. The lowest BCUT2D eigenvalue weighted by Crippen LogP contribution is -2.41. The molecule has 2 fully saturated rings. The SMILES string of the molecule is CC1(C)OCC(CNC(=O)C2(C)CCCC2)O1. The summed E-state index contributed by atoms with van der Waals surface area (Å²) in [5, 5.41) is 3.00. The van der Waals surface area contributed by atoms with E-state index in [2.05, 4.69) is 12.2 Å². The van der Waals surface area contributed by atoms with Crippen LogP contribution in [0, 0.1) is 5.41 Å². The summed E-state index contributed by atoms with van der Waals surface area (Å²) in [6.45, 7) is 6.97. The van der Waals surface area contributed by atoms with Crippen LogP contribution in [0.25, 0.3) is 0 Å². The highest BCUT2D eigenvalue weighted by atomic mass is 16.7. The largest absolute Gasteiger partial charge is 0.353 e. The molecule has 2 aliphatic rings. The number of amides is 1. The summed E-state index contributed by atoms with van der Waals surface area (Å²) in [4.78, 5) is 12.1. The minimum Gasteiger partial charge on any atom is -0.353 e. The molecule has 0 aromatic heterocycles. The molecule has 1 unspecified atom stereocenters. The van der Waals surface area contributed by atoms with Crippen LogP contribution in [0.1, 0.15) is 46.5 Å². The van der Waals surface area contributed by atoms with Crippen molar-refractivity contribution in [3.05, 3.63) is 0 Å². The second kappa shape index (κ2) is 4.58. The van der Waals surface area contributed by atoms with Crippen molar-refractivity contribution in [3.63, 3.8) is 0 Å². The van der Waals surface area contributed by atoms with E-state index < -0.39 is 5.79 Å². The third kappa shape index (κ3) is 2.99. The van der Waals surface area contributed by atoms with Crippen molar-refractivity contribution in [1.82, 2.24) is 5.32 Å². The lowest BCUT2D eigenvalue weighted by Gasteiger charge is -2.23. The molecule has 1 amide bonds. The van der Waals surface area contributed by atoms with Gasteiger partial charge in [-0.1, -0.05) is 19.8 Å². The first-order valence-electron chi connectivity index (χ1n) is 6.51. The monoisotopic (exact) mass is 241 g/mol. The van der Waals surface area contributed by atoms with Gasteiger partial charge in [-0.25, -0.2) is 0 Å². The number of carbonyl (C=O) groups excluding carboxylic acids is 1. The number of hydrogen-bond donors (Lipinski definition) is 1. The highest BCUT2D eigenvalue weighted by Gasteiger charge is 2.37. The maximum Gasteiger partial charge on any atom is 0.226 e. The third-order valence-electron chi connectivity index (χ3n) is 3.81. The smallest absolute Gasteiger partial charge is 0.226 e. The Kier molecular flexibility index (Phi) is 3.46. The van der Waals surface area contributed by atoms with Gasteiger partial charge in [0.15, 0.2) is 5.79 Å². The molecule has 4 heteroatoms. The molecule has 1 aliphatic carbocycles. The Morgan fingerprint density at radius 1 is 1.29 bits per heavy atom. The lowest BCUT2D eigenvalue weighted by atomic mass is 9.88. The summed E-state index contributed by atoms with van der Waals surface area (Å²) in [5.41, 5.74) is -0.158. The molecule has 17 heavy (non-hydrogen) atoms. The number of nitrogens with one attached hydrogen (secondary N) is 1. The van der Waals surface area contributed by atoms with E-state index in [1.54, 1.807) is 0 Å². The van der Waals surface area contributed by atoms with E-state index in [-0.39, 0.29) is 17.4 Å². The molecule has 1 N–H and O–H groups in total. The molecular weight excluding hydrogens is 218 g/mol. The summed E-state index contributed by atoms with van der Waals surface area (Å²) in [5.74, 6) is -0.338. The third-order valence-corrected chi connectivity index (χ3v) is 3.81. The molecule has 1 saturated heterocycles. The van der Waals surface area contributed by atoms with Crippen LogP contribution < -0.4 is 5.32 Å². The van der Waals surface area contributed by atoms with Gasteiger partial charge in [-0.15, -0.1) is 0 Å². The topological polar surface area (TPSA) is 47.6 Å². The first kappa shape index (κ1) is 12.8. The van der Waals surface area contributed by atoms with Gasteiger partial charge in [-0.05, 0) is 26.7 Å². The van der Waals surface area contributed by atoms with Crippen molar-refractivity contribution >= 4 is 5.91 Å². The van der Waals surface area contributed by atoms with Crippen LogP contribution in [-0.4, -0.2) is 30.9 Å². The van der Waals surface area contributed by atoms with Crippen molar-refractivity contribution < 1.29 is 14.3 Å². The minimum atomic E-state index is -0.507. The van der Waals surface area contributed by atoms with E-state index in [0.717, 1.165) is 12.8 Å². The molecule has 0 aromatic rings. The van der Waals surface area contributed by atoms with E-state index in [1.807, 2.05) is 13.8 Å². The van der Waals surface area contributed by atoms with Crippen LogP contribution in [-0.2, 0) is 14.3 Å². The zero-order chi connectivity index (χ0) is 12.5. The fraction of sp³-hybridized carbons (Fsp3) is 0.923. The quantitative estimate of drug-likeness (QED) is 0.820. The Hall–Kier alpha value is -0.610. The molecule has 0 radical (unpaired) electrons.